The molecular weight excluding hydrogens is 224 g/mol. The van der Waals surface area contributed by atoms with E-state index in [0.717, 1.165) is 19.3 Å². The number of unbranched alkanes of at least 4 members (excludes halogenated alkanes) is 2. The lowest BCUT2D eigenvalue weighted by molar-refractivity contribution is -0.140. The molecule has 18 heavy (non-hydrogen) atoms. The maximum atomic E-state index is 10.8. The summed E-state index contributed by atoms with van der Waals surface area (Å²) >= 11 is 0. The Morgan fingerprint density at radius 2 is 1.50 bits per heavy atom. The minimum absolute atomic E-state index is 0.178. The summed E-state index contributed by atoms with van der Waals surface area (Å²) in [5, 5.41) is 0. The lowest BCUT2D eigenvalue weighted by Gasteiger charge is -1.93. The van der Waals surface area contributed by atoms with E-state index in [0.29, 0.717) is 25.7 Å². The molecule has 0 aromatic carbocycles. The molecule has 0 saturated carbocycles. The summed E-state index contributed by atoms with van der Waals surface area (Å²) in [6, 6.07) is 0. The summed E-state index contributed by atoms with van der Waals surface area (Å²) < 4.78 is 4.53. The highest BCUT2D eigenvalue weighted by Gasteiger charge is 1.96. The van der Waals surface area contributed by atoms with Crippen LogP contribution in [-0.4, -0.2) is 13.1 Å². The van der Waals surface area contributed by atoms with Gasteiger partial charge in [0.2, 0.25) is 0 Å². The van der Waals surface area contributed by atoms with Gasteiger partial charge in [0.15, 0.2) is 0 Å². The molecule has 0 atom stereocenters. The molecule has 0 aromatic heterocycles. The number of rotatable bonds is 4. The SMILES string of the molecule is CCCC#CCC#CCC#CCCCC(=O)OC. The average Bonchev–Trinajstić information content (AvgIpc) is 2.39. The molecule has 2 nitrogen and oxygen atoms in total. The Morgan fingerprint density at radius 1 is 0.944 bits per heavy atom. The van der Waals surface area contributed by atoms with Gasteiger partial charge >= 0.3 is 5.97 Å². The zero-order valence-corrected chi connectivity index (χ0v) is 11.3. The van der Waals surface area contributed by atoms with E-state index in [1.54, 1.807) is 0 Å². The maximum absolute atomic E-state index is 10.8. The molecule has 0 N–H and O–H groups in total. The second-order valence-corrected chi connectivity index (χ2v) is 3.59. The van der Waals surface area contributed by atoms with Crippen LogP contribution >= 0.6 is 0 Å². The van der Waals surface area contributed by atoms with E-state index in [4.69, 9.17) is 0 Å². The van der Waals surface area contributed by atoms with E-state index < -0.39 is 0 Å². The fourth-order valence-electron chi connectivity index (χ4n) is 1.06. The van der Waals surface area contributed by atoms with Crippen LogP contribution in [0.25, 0.3) is 0 Å². The first-order valence-electron chi connectivity index (χ1n) is 6.25. The number of hydrogen-bond donors (Lipinski definition) is 0. The topological polar surface area (TPSA) is 26.3 Å². The van der Waals surface area contributed by atoms with E-state index in [-0.39, 0.29) is 5.97 Å². The van der Waals surface area contributed by atoms with E-state index in [2.05, 4.69) is 47.2 Å². The zero-order chi connectivity index (χ0) is 13.5. The van der Waals surface area contributed by atoms with Crippen molar-refractivity contribution in [3.8, 4) is 35.5 Å². The predicted octanol–water partition coefficient (Wildman–Crippen LogP) is 2.92. The molecule has 2 heteroatoms. The largest absolute Gasteiger partial charge is 0.469 e. The van der Waals surface area contributed by atoms with Crippen LogP contribution in [0.5, 0.6) is 0 Å². The molecule has 0 aliphatic rings. The van der Waals surface area contributed by atoms with Gasteiger partial charge in [-0.05, 0) is 12.8 Å². The molecule has 0 radical (unpaired) electrons. The Balaban J connectivity index is 3.52. The van der Waals surface area contributed by atoms with E-state index in [1.807, 2.05) is 0 Å². The second kappa shape index (κ2) is 13.2. The van der Waals surface area contributed by atoms with Gasteiger partial charge in [0.1, 0.15) is 0 Å². The standard InChI is InChI=1S/C16H20O2/c1-3-4-5-6-7-8-9-10-11-12-13-14-15-16(17)18-2/h3-4,7,10,13-15H2,1-2H3. The molecule has 0 aromatic rings. The van der Waals surface area contributed by atoms with Gasteiger partial charge in [-0.3, -0.25) is 4.79 Å². The summed E-state index contributed by atoms with van der Waals surface area (Å²) in [7, 11) is 1.40. The summed E-state index contributed by atoms with van der Waals surface area (Å²) in [6.45, 7) is 2.11. The summed E-state index contributed by atoms with van der Waals surface area (Å²) in [5.41, 5.74) is 0. The van der Waals surface area contributed by atoms with Gasteiger partial charge in [-0.2, -0.15) is 0 Å². The number of carbonyl (C=O) groups is 1. The first-order valence-corrected chi connectivity index (χ1v) is 6.25. The van der Waals surface area contributed by atoms with Gasteiger partial charge in [-0.1, -0.05) is 30.6 Å². The fourth-order valence-corrected chi connectivity index (χ4v) is 1.06. The summed E-state index contributed by atoms with van der Waals surface area (Å²) in [4.78, 5) is 10.8. The van der Waals surface area contributed by atoms with Crippen molar-refractivity contribution in [1.82, 2.24) is 0 Å². The highest BCUT2D eigenvalue weighted by molar-refractivity contribution is 5.69. The third-order valence-corrected chi connectivity index (χ3v) is 2.01. The van der Waals surface area contributed by atoms with Gasteiger partial charge in [0.25, 0.3) is 0 Å². The summed E-state index contributed by atoms with van der Waals surface area (Å²) in [5.74, 6) is 17.7. The fraction of sp³-hybridized carbons (Fsp3) is 0.562. The number of hydrogen-bond acceptors (Lipinski definition) is 2. The third kappa shape index (κ3) is 12.2. The lowest BCUT2D eigenvalue weighted by Crippen LogP contribution is -1.98. The Hall–Kier alpha value is -1.85. The first kappa shape index (κ1) is 16.1. The van der Waals surface area contributed by atoms with Crippen LogP contribution < -0.4 is 0 Å². The molecule has 0 amide bonds. The number of esters is 1. The van der Waals surface area contributed by atoms with Crippen LogP contribution in [0.4, 0.5) is 0 Å². The van der Waals surface area contributed by atoms with Crippen LogP contribution in [-0.2, 0) is 9.53 Å². The molecule has 0 aliphatic heterocycles. The Kier molecular flexibility index (Phi) is 11.9. The highest BCUT2D eigenvalue weighted by Crippen LogP contribution is 1.95. The minimum Gasteiger partial charge on any atom is -0.469 e. The van der Waals surface area contributed by atoms with Crippen molar-refractivity contribution in [1.29, 1.82) is 0 Å². The van der Waals surface area contributed by atoms with Crippen LogP contribution in [0, 0.1) is 35.5 Å². The van der Waals surface area contributed by atoms with Gasteiger partial charge < -0.3 is 4.74 Å². The lowest BCUT2D eigenvalue weighted by atomic mass is 10.2. The Bertz CT molecular complexity index is 402. The number of methoxy groups -OCH3 is 1. The van der Waals surface area contributed by atoms with E-state index in [9.17, 15) is 4.79 Å². The molecule has 0 saturated heterocycles. The molecule has 0 spiro atoms. The van der Waals surface area contributed by atoms with E-state index >= 15 is 0 Å². The van der Waals surface area contributed by atoms with Crippen molar-refractivity contribution in [2.45, 2.75) is 51.9 Å². The normalized spacial score (nSPS) is 7.89. The third-order valence-electron chi connectivity index (χ3n) is 2.01. The van der Waals surface area contributed by atoms with Crippen molar-refractivity contribution in [3.05, 3.63) is 0 Å². The maximum Gasteiger partial charge on any atom is 0.305 e. The molecule has 0 fully saturated rings. The number of ether oxygens (including phenoxy) is 1. The van der Waals surface area contributed by atoms with Crippen LogP contribution in [0.3, 0.4) is 0 Å². The molecule has 0 unspecified atom stereocenters. The molecule has 0 aliphatic carbocycles. The molecule has 96 valence electrons. The van der Waals surface area contributed by atoms with Gasteiger partial charge in [0, 0.05) is 19.3 Å². The quantitative estimate of drug-likeness (QED) is 0.432. The van der Waals surface area contributed by atoms with Gasteiger partial charge in [-0.25, -0.2) is 0 Å². The first-order chi connectivity index (χ1) is 8.81. The predicted molar refractivity (Wildman–Crippen MR) is 73.3 cm³/mol. The molecule has 0 rings (SSSR count). The highest BCUT2D eigenvalue weighted by atomic mass is 16.5. The van der Waals surface area contributed by atoms with Crippen LogP contribution in [0.2, 0.25) is 0 Å². The Morgan fingerprint density at radius 3 is 2.06 bits per heavy atom. The van der Waals surface area contributed by atoms with Gasteiger partial charge in [-0.15, -0.1) is 11.8 Å². The van der Waals surface area contributed by atoms with Crippen LogP contribution in [0.15, 0.2) is 0 Å². The van der Waals surface area contributed by atoms with Crippen molar-refractivity contribution in [3.63, 3.8) is 0 Å². The molecule has 0 heterocycles. The van der Waals surface area contributed by atoms with Crippen molar-refractivity contribution < 1.29 is 9.53 Å². The minimum atomic E-state index is -0.178. The second-order valence-electron chi connectivity index (χ2n) is 3.59. The number of carbonyl (C=O) groups excluding carboxylic acids is 1. The van der Waals surface area contributed by atoms with Crippen molar-refractivity contribution in [2.24, 2.45) is 0 Å². The molecule has 0 bridgehead atoms. The van der Waals surface area contributed by atoms with Gasteiger partial charge in [0.05, 0.1) is 20.0 Å². The monoisotopic (exact) mass is 244 g/mol. The van der Waals surface area contributed by atoms with Crippen LogP contribution in [0.1, 0.15) is 51.9 Å². The summed E-state index contributed by atoms with van der Waals surface area (Å²) in [6.07, 6.45) is 5.14. The van der Waals surface area contributed by atoms with Crippen molar-refractivity contribution >= 4 is 5.97 Å². The zero-order valence-electron chi connectivity index (χ0n) is 11.3. The van der Waals surface area contributed by atoms with E-state index in [1.165, 1.54) is 7.11 Å². The smallest absolute Gasteiger partial charge is 0.305 e. The Labute approximate surface area is 110 Å². The molecular formula is C16H20O2. The van der Waals surface area contributed by atoms with Crippen molar-refractivity contribution in [2.75, 3.05) is 7.11 Å². The average molecular weight is 244 g/mol.